The van der Waals surface area contributed by atoms with E-state index in [2.05, 4.69) is 10.3 Å². The summed E-state index contributed by atoms with van der Waals surface area (Å²) in [6.45, 7) is 2.54. The van der Waals surface area contributed by atoms with Gasteiger partial charge in [0.25, 0.3) is 5.91 Å². The Labute approximate surface area is 132 Å². The summed E-state index contributed by atoms with van der Waals surface area (Å²) >= 11 is 1.46. The molecule has 0 aromatic carbocycles. The van der Waals surface area contributed by atoms with Gasteiger partial charge in [-0.2, -0.15) is 0 Å². The number of carbonyl (C=O) groups is 1. The number of nitrogens with one attached hydrogen (secondary N) is 1. The average molecular weight is 315 g/mol. The summed E-state index contributed by atoms with van der Waals surface area (Å²) in [6, 6.07) is 5.62. The van der Waals surface area contributed by atoms with Gasteiger partial charge >= 0.3 is 0 Å². The Morgan fingerprint density at radius 3 is 3.05 bits per heavy atom. The number of nitrogens with zero attached hydrogens (tertiary/aromatic N) is 2. The summed E-state index contributed by atoms with van der Waals surface area (Å²) in [6.07, 6.45) is 4.23. The fraction of sp³-hybridized carbons (Fsp3) is 0.250. The average Bonchev–Trinajstić information content (AvgIpc) is 3.20. The van der Waals surface area contributed by atoms with E-state index in [1.807, 2.05) is 48.3 Å². The van der Waals surface area contributed by atoms with E-state index in [-0.39, 0.29) is 5.91 Å². The molecular formula is C16H17N3O2S. The summed E-state index contributed by atoms with van der Waals surface area (Å²) in [5.74, 6) is 1.63. The monoisotopic (exact) mass is 315 g/mol. The molecule has 0 saturated carbocycles. The Balaban J connectivity index is 1.59. The van der Waals surface area contributed by atoms with Crippen LogP contribution in [0.15, 0.2) is 40.5 Å². The Morgan fingerprint density at radius 1 is 1.50 bits per heavy atom. The molecule has 3 aromatic rings. The van der Waals surface area contributed by atoms with E-state index in [1.54, 1.807) is 6.26 Å². The van der Waals surface area contributed by atoms with Crippen molar-refractivity contribution in [1.82, 2.24) is 14.9 Å². The molecule has 0 unspecified atom stereocenters. The van der Waals surface area contributed by atoms with Crippen molar-refractivity contribution < 1.29 is 9.21 Å². The number of imidazole rings is 1. The minimum atomic E-state index is -0.0291. The maximum absolute atomic E-state index is 12.0. The van der Waals surface area contributed by atoms with Crippen LogP contribution in [0.1, 0.15) is 21.1 Å². The molecule has 0 atom stereocenters. The molecule has 0 radical (unpaired) electrons. The summed E-state index contributed by atoms with van der Waals surface area (Å²) in [7, 11) is 1.94. The second-order valence-electron chi connectivity index (χ2n) is 5.12. The van der Waals surface area contributed by atoms with E-state index < -0.39 is 0 Å². The molecule has 6 heteroatoms. The van der Waals surface area contributed by atoms with Gasteiger partial charge < -0.3 is 14.3 Å². The molecule has 0 saturated heterocycles. The van der Waals surface area contributed by atoms with Crippen molar-refractivity contribution in [3.05, 3.63) is 52.3 Å². The molecule has 1 N–H and O–H groups in total. The van der Waals surface area contributed by atoms with Crippen LogP contribution in [0.25, 0.3) is 11.5 Å². The van der Waals surface area contributed by atoms with Crippen molar-refractivity contribution in [2.24, 2.45) is 7.05 Å². The van der Waals surface area contributed by atoms with Crippen molar-refractivity contribution in [3.63, 3.8) is 0 Å². The zero-order valence-corrected chi connectivity index (χ0v) is 13.3. The highest BCUT2D eigenvalue weighted by Gasteiger charge is 2.11. The first kappa shape index (κ1) is 14.6. The highest BCUT2D eigenvalue weighted by atomic mass is 32.1. The summed E-state index contributed by atoms with van der Waals surface area (Å²) < 4.78 is 7.30. The number of carbonyl (C=O) groups excluding carboxylic acids is 1. The van der Waals surface area contributed by atoms with E-state index in [0.29, 0.717) is 13.0 Å². The van der Waals surface area contributed by atoms with E-state index in [9.17, 15) is 4.79 Å². The number of furan rings is 1. The lowest BCUT2D eigenvalue weighted by atomic mass is 10.3. The van der Waals surface area contributed by atoms with Crippen molar-refractivity contribution in [3.8, 4) is 11.5 Å². The zero-order valence-electron chi connectivity index (χ0n) is 12.5. The van der Waals surface area contributed by atoms with Gasteiger partial charge in [0.2, 0.25) is 0 Å². The van der Waals surface area contributed by atoms with Crippen LogP contribution in [-0.2, 0) is 13.5 Å². The van der Waals surface area contributed by atoms with Gasteiger partial charge in [0.1, 0.15) is 11.5 Å². The van der Waals surface area contributed by atoms with E-state index in [4.69, 9.17) is 4.42 Å². The molecule has 0 bridgehead atoms. The maximum Gasteiger partial charge on any atom is 0.261 e. The van der Waals surface area contributed by atoms with Gasteiger partial charge in [-0.05, 0) is 36.1 Å². The van der Waals surface area contributed by atoms with Crippen LogP contribution in [0.4, 0.5) is 0 Å². The fourth-order valence-electron chi connectivity index (χ4n) is 2.21. The van der Waals surface area contributed by atoms with Crippen LogP contribution in [-0.4, -0.2) is 22.0 Å². The molecule has 3 aromatic heterocycles. The van der Waals surface area contributed by atoms with Gasteiger partial charge in [-0.1, -0.05) is 0 Å². The van der Waals surface area contributed by atoms with Gasteiger partial charge in [0, 0.05) is 26.2 Å². The number of aryl methyl sites for hydroxylation is 2. The second kappa shape index (κ2) is 6.19. The van der Waals surface area contributed by atoms with Gasteiger partial charge in [-0.15, -0.1) is 11.3 Å². The van der Waals surface area contributed by atoms with Crippen LogP contribution < -0.4 is 5.32 Å². The predicted octanol–water partition coefficient (Wildman–Crippen LogP) is 3.02. The molecule has 3 rings (SSSR count). The molecule has 0 aliphatic rings. The minimum Gasteiger partial charge on any atom is -0.463 e. The molecule has 22 heavy (non-hydrogen) atoms. The van der Waals surface area contributed by atoms with Gasteiger partial charge in [0.15, 0.2) is 5.76 Å². The smallest absolute Gasteiger partial charge is 0.261 e. The van der Waals surface area contributed by atoms with Gasteiger partial charge in [-0.25, -0.2) is 4.98 Å². The number of rotatable bonds is 5. The molecule has 114 valence electrons. The molecule has 0 aliphatic carbocycles. The SMILES string of the molecule is Cc1csc(C(=O)NCCc2nc(-c3ccco3)cn2C)c1. The lowest BCUT2D eigenvalue weighted by molar-refractivity contribution is 0.0958. The Hall–Kier alpha value is -2.34. The summed E-state index contributed by atoms with van der Waals surface area (Å²) in [5.41, 5.74) is 1.92. The predicted molar refractivity (Wildman–Crippen MR) is 86.0 cm³/mol. The Bertz CT molecular complexity index is 771. The third-order valence-electron chi connectivity index (χ3n) is 3.33. The van der Waals surface area contributed by atoms with Crippen molar-refractivity contribution in [2.45, 2.75) is 13.3 Å². The van der Waals surface area contributed by atoms with E-state index in [0.717, 1.165) is 27.7 Å². The van der Waals surface area contributed by atoms with E-state index in [1.165, 1.54) is 11.3 Å². The molecule has 1 amide bonds. The number of amides is 1. The summed E-state index contributed by atoms with van der Waals surface area (Å²) in [4.78, 5) is 17.3. The van der Waals surface area contributed by atoms with E-state index >= 15 is 0 Å². The third-order valence-corrected chi connectivity index (χ3v) is 4.38. The minimum absolute atomic E-state index is 0.0291. The van der Waals surface area contributed by atoms with Crippen LogP contribution in [0.2, 0.25) is 0 Å². The molecular weight excluding hydrogens is 298 g/mol. The maximum atomic E-state index is 12.0. The lowest BCUT2D eigenvalue weighted by Crippen LogP contribution is -2.25. The number of aromatic nitrogens is 2. The second-order valence-corrected chi connectivity index (χ2v) is 6.04. The molecule has 0 aliphatic heterocycles. The Morgan fingerprint density at radius 2 is 2.36 bits per heavy atom. The first-order valence-electron chi connectivity index (χ1n) is 7.03. The van der Waals surface area contributed by atoms with Crippen molar-refractivity contribution in [2.75, 3.05) is 6.54 Å². The topological polar surface area (TPSA) is 60.1 Å². The Kier molecular flexibility index (Phi) is 4.11. The normalized spacial score (nSPS) is 10.8. The number of thiophene rings is 1. The molecule has 0 fully saturated rings. The van der Waals surface area contributed by atoms with Gasteiger partial charge in [0.05, 0.1) is 11.1 Å². The first-order chi connectivity index (χ1) is 10.6. The van der Waals surface area contributed by atoms with Crippen molar-refractivity contribution >= 4 is 17.2 Å². The first-order valence-corrected chi connectivity index (χ1v) is 7.91. The fourth-order valence-corrected chi connectivity index (χ4v) is 3.02. The molecule has 3 heterocycles. The molecule has 5 nitrogen and oxygen atoms in total. The standard InChI is InChI=1S/C16H17N3O2S/c1-11-8-14(22-10-11)16(20)17-6-5-15-18-12(9-19(15)2)13-4-3-7-21-13/h3-4,7-10H,5-6H2,1-2H3,(H,17,20). The largest absolute Gasteiger partial charge is 0.463 e. The van der Waals surface area contributed by atoms with Crippen LogP contribution in [0.5, 0.6) is 0 Å². The van der Waals surface area contributed by atoms with Crippen molar-refractivity contribution in [1.29, 1.82) is 0 Å². The van der Waals surface area contributed by atoms with Crippen LogP contribution >= 0.6 is 11.3 Å². The lowest BCUT2D eigenvalue weighted by Gasteiger charge is -2.03. The summed E-state index contributed by atoms with van der Waals surface area (Å²) in [5, 5.41) is 4.90. The van der Waals surface area contributed by atoms with Crippen LogP contribution in [0.3, 0.4) is 0 Å². The number of hydrogen-bond donors (Lipinski definition) is 1. The number of hydrogen-bond acceptors (Lipinski definition) is 4. The quantitative estimate of drug-likeness (QED) is 0.787. The van der Waals surface area contributed by atoms with Gasteiger partial charge in [-0.3, -0.25) is 4.79 Å². The highest BCUT2D eigenvalue weighted by Crippen LogP contribution is 2.18. The zero-order chi connectivity index (χ0) is 15.5. The highest BCUT2D eigenvalue weighted by molar-refractivity contribution is 7.12. The third kappa shape index (κ3) is 3.12. The molecule has 0 spiro atoms. The van der Waals surface area contributed by atoms with Crippen LogP contribution in [0, 0.1) is 6.92 Å².